The number of halogens is 1. The van der Waals surface area contributed by atoms with Crippen molar-refractivity contribution in [1.82, 2.24) is 24.8 Å². The van der Waals surface area contributed by atoms with Crippen LogP contribution in [0.3, 0.4) is 0 Å². The Balaban J connectivity index is 1.40. The Morgan fingerprint density at radius 1 is 1.06 bits per heavy atom. The molecule has 182 valence electrons. The largest absolute Gasteiger partial charge is 0.496 e. The molecule has 0 spiro atoms. The maximum atomic E-state index is 13.7. The summed E-state index contributed by atoms with van der Waals surface area (Å²) in [7, 11) is 1.64. The molecule has 3 heterocycles. The van der Waals surface area contributed by atoms with Gasteiger partial charge in [0.05, 0.1) is 18.9 Å². The summed E-state index contributed by atoms with van der Waals surface area (Å²) in [5, 5.41) is 14.0. The SMILES string of the molecule is COc1ccccc1-c1cc(CSc2nnc(C(C)N3CCCCC3)n2-c2ccc(F)cc2)on1. The summed E-state index contributed by atoms with van der Waals surface area (Å²) in [5.41, 5.74) is 2.43. The van der Waals surface area contributed by atoms with E-state index in [4.69, 9.17) is 9.26 Å². The van der Waals surface area contributed by atoms with Gasteiger partial charge in [0.25, 0.3) is 0 Å². The summed E-state index contributed by atoms with van der Waals surface area (Å²) in [6, 6.07) is 16.2. The molecule has 0 bridgehead atoms. The number of rotatable bonds is 8. The van der Waals surface area contributed by atoms with Crippen LogP contribution in [0.1, 0.15) is 43.8 Å². The van der Waals surface area contributed by atoms with Gasteiger partial charge in [-0.2, -0.15) is 0 Å². The van der Waals surface area contributed by atoms with E-state index >= 15 is 0 Å². The molecule has 1 unspecified atom stereocenters. The molecule has 4 aromatic rings. The molecule has 2 aromatic heterocycles. The number of nitrogens with zero attached hydrogens (tertiary/aromatic N) is 5. The van der Waals surface area contributed by atoms with Crippen LogP contribution in [0.15, 0.2) is 64.3 Å². The lowest BCUT2D eigenvalue weighted by molar-refractivity contribution is 0.167. The molecule has 7 nitrogen and oxygen atoms in total. The molecule has 1 saturated heterocycles. The number of hydrogen-bond donors (Lipinski definition) is 0. The zero-order valence-corrected chi connectivity index (χ0v) is 20.7. The lowest BCUT2D eigenvalue weighted by Crippen LogP contribution is -2.33. The van der Waals surface area contributed by atoms with Crippen LogP contribution >= 0.6 is 11.8 Å². The van der Waals surface area contributed by atoms with Gasteiger partial charge >= 0.3 is 0 Å². The predicted molar refractivity (Wildman–Crippen MR) is 133 cm³/mol. The van der Waals surface area contributed by atoms with Gasteiger partial charge < -0.3 is 9.26 Å². The smallest absolute Gasteiger partial charge is 0.196 e. The van der Waals surface area contributed by atoms with Crippen LogP contribution in [-0.2, 0) is 5.75 Å². The number of likely N-dealkylation sites (tertiary alicyclic amines) is 1. The van der Waals surface area contributed by atoms with Gasteiger partial charge in [0.15, 0.2) is 11.0 Å². The molecule has 1 atom stereocenters. The first-order valence-electron chi connectivity index (χ1n) is 11.8. The van der Waals surface area contributed by atoms with Gasteiger partial charge in [0, 0.05) is 17.3 Å². The predicted octanol–water partition coefficient (Wildman–Crippen LogP) is 5.91. The lowest BCUT2D eigenvalue weighted by Gasteiger charge is -2.31. The fraction of sp³-hybridized carbons (Fsp3) is 0.346. The molecule has 5 rings (SSSR count). The van der Waals surface area contributed by atoms with E-state index in [1.54, 1.807) is 19.2 Å². The topological polar surface area (TPSA) is 69.2 Å². The number of para-hydroxylation sites is 1. The van der Waals surface area contributed by atoms with Gasteiger partial charge in [-0.1, -0.05) is 35.5 Å². The Bertz CT molecular complexity index is 1270. The Hall–Kier alpha value is -3.17. The third kappa shape index (κ3) is 5.11. The Kier molecular flexibility index (Phi) is 7.15. The molecule has 0 aliphatic carbocycles. The second-order valence-corrected chi connectivity index (χ2v) is 9.54. The first kappa shape index (κ1) is 23.6. The van der Waals surface area contributed by atoms with E-state index < -0.39 is 0 Å². The Morgan fingerprint density at radius 3 is 2.60 bits per heavy atom. The van der Waals surface area contributed by atoms with Crippen LogP contribution in [0, 0.1) is 5.82 Å². The molecule has 2 aromatic carbocycles. The van der Waals surface area contributed by atoms with E-state index in [0.29, 0.717) is 5.75 Å². The van der Waals surface area contributed by atoms with Gasteiger partial charge in [0.2, 0.25) is 0 Å². The first-order valence-corrected chi connectivity index (χ1v) is 12.8. The molecule has 1 aliphatic rings. The van der Waals surface area contributed by atoms with Crippen LogP contribution in [0.5, 0.6) is 5.75 Å². The average molecular weight is 494 g/mol. The second kappa shape index (κ2) is 10.6. The van der Waals surface area contributed by atoms with Crippen LogP contribution < -0.4 is 4.74 Å². The Morgan fingerprint density at radius 2 is 1.83 bits per heavy atom. The highest BCUT2D eigenvalue weighted by atomic mass is 32.2. The number of methoxy groups -OCH3 is 1. The molecule has 0 amide bonds. The minimum atomic E-state index is -0.271. The normalized spacial score (nSPS) is 15.3. The molecular weight excluding hydrogens is 465 g/mol. The van der Waals surface area contributed by atoms with Gasteiger partial charge in [-0.25, -0.2) is 4.39 Å². The summed E-state index contributed by atoms with van der Waals surface area (Å²) >= 11 is 1.51. The highest BCUT2D eigenvalue weighted by molar-refractivity contribution is 7.98. The lowest BCUT2D eigenvalue weighted by atomic mass is 10.1. The van der Waals surface area contributed by atoms with E-state index in [-0.39, 0.29) is 11.9 Å². The van der Waals surface area contributed by atoms with Crippen LogP contribution in [0.25, 0.3) is 16.9 Å². The van der Waals surface area contributed by atoms with Crippen molar-refractivity contribution in [1.29, 1.82) is 0 Å². The monoisotopic (exact) mass is 493 g/mol. The molecule has 9 heteroatoms. The summed E-state index contributed by atoms with van der Waals surface area (Å²) in [5.74, 6) is 2.57. The van der Waals surface area contributed by atoms with Crippen molar-refractivity contribution < 1.29 is 13.7 Å². The van der Waals surface area contributed by atoms with Crippen LogP contribution in [-0.4, -0.2) is 45.0 Å². The van der Waals surface area contributed by atoms with Crippen molar-refractivity contribution in [3.63, 3.8) is 0 Å². The highest BCUT2D eigenvalue weighted by Gasteiger charge is 2.26. The van der Waals surface area contributed by atoms with Crippen molar-refractivity contribution in [2.75, 3.05) is 20.2 Å². The molecule has 35 heavy (non-hydrogen) atoms. The van der Waals surface area contributed by atoms with Gasteiger partial charge in [0.1, 0.15) is 23.0 Å². The second-order valence-electron chi connectivity index (χ2n) is 8.59. The van der Waals surface area contributed by atoms with Crippen molar-refractivity contribution in [3.05, 3.63) is 72.0 Å². The third-order valence-electron chi connectivity index (χ3n) is 6.34. The van der Waals surface area contributed by atoms with Crippen molar-refractivity contribution in [2.24, 2.45) is 0 Å². The zero-order chi connectivity index (χ0) is 24.2. The maximum absolute atomic E-state index is 13.7. The standard InChI is InChI=1S/C26H28FN5O2S/c1-18(31-14-6-3-7-15-31)25-28-29-26(32(25)20-12-10-19(27)11-13-20)35-17-21-16-23(30-34-21)22-8-4-5-9-24(22)33-2/h4-5,8-13,16,18H,3,6-7,14-15,17H2,1-2H3. The minimum absolute atomic E-state index is 0.102. The Labute approximate surface area is 208 Å². The summed E-state index contributed by atoms with van der Waals surface area (Å²) in [6.45, 7) is 4.26. The summed E-state index contributed by atoms with van der Waals surface area (Å²) in [6.07, 6.45) is 3.65. The summed E-state index contributed by atoms with van der Waals surface area (Å²) in [4.78, 5) is 2.44. The van der Waals surface area contributed by atoms with Crippen LogP contribution in [0.4, 0.5) is 4.39 Å². The first-order chi connectivity index (χ1) is 17.1. The third-order valence-corrected chi connectivity index (χ3v) is 7.29. The minimum Gasteiger partial charge on any atom is -0.496 e. The van der Waals surface area contributed by atoms with Crippen LogP contribution in [0.2, 0.25) is 0 Å². The molecule has 0 radical (unpaired) electrons. The maximum Gasteiger partial charge on any atom is 0.196 e. The molecular formula is C26H28FN5O2S. The average Bonchev–Trinajstić information content (AvgIpc) is 3.55. The van der Waals surface area contributed by atoms with E-state index in [1.807, 2.05) is 34.9 Å². The number of aromatic nitrogens is 4. The van der Waals surface area contributed by atoms with Crippen molar-refractivity contribution >= 4 is 11.8 Å². The van der Waals surface area contributed by atoms with E-state index in [2.05, 4.69) is 27.2 Å². The van der Waals surface area contributed by atoms with E-state index in [0.717, 1.165) is 52.5 Å². The molecule has 0 saturated carbocycles. The number of thioether (sulfide) groups is 1. The van der Waals surface area contributed by atoms with Gasteiger partial charge in [-0.05, 0) is 69.3 Å². The highest BCUT2D eigenvalue weighted by Crippen LogP contribution is 2.33. The number of ether oxygens (including phenoxy) is 1. The van der Waals surface area contributed by atoms with Gasteiger partial charge in [-0.3, -0.25) is 9.47 Å². The molecule has 0 N–H and O–H groups in total. The molecule has 1 fully saturated rings. The zero-order valence-electron chi connectivity index (χ0n) is 19.9. The quantitative estimate of drug-likeness (QED) is 0.283. The number of benzene rings is 2. The fourth-order valence-corrected chi connectivity index (χ4v) is 5.28. The van der Waals surface area contributed by atoms with E-state index in [1.165, 1.54) is 43.2 Å². The van der Waals surface area contributed by atoms with E-state index in [9.17, 15) is 4.39 Å². The number of hydrogen-bond acceptors (Lipinski definition) is 7. The van der Waals surface area contributed by atoms with Crippen molar-refractivity contribution in [2.45, 2.75) is 43.1 Å². The van der Waals surface area contributed by atoms with Crippen molar-refractivity contribution in [3.8, 4) is 22.7 Å². The fourth-order valence-electron chi connectivity index (χ4n) is 4.45. The summed E-state index contributed by atoms with van der Waals surface area (Å²) < 4.78 is 26.7. The number of piperidine rings is 1. The van der Waals surface area contributed by atoms with Gasteiger partial charge in [-0.15, -0.1) is 10.2 Å². The molecule has 1 aliphatic heterocycles.